The molecular formula is C16H9ClO3. The van der Waals surface area contributed by atoms with Crippen molar-refractivity contribution in [2.24, 2.45) is 0 Å². The molecule has 0 aromatic heterocycles. The van der Waals surface area contributed by atoms with Crippen LogP contribution in [-0.4, -0.2) is 0 Å². The van der Waals surface area contributed by atoms with Gasteiger partial charge in [-0.25, -0.2) is 0 Å². The molecule has 2 atom stereocenters. The maximum Gasteiger partial charge on any atom is 0.176 e. The van der Waals surface area contributed by atoms with Gasteiger partial charge in [0.25, 0.3) is 0 Å². The molecule has 3 aliphatic heterocycles. The molecule has 3 aliphatic rings. The molecule has 98 valence electrons. The van der Waals surface area contributed by atoms with E-state index in [4.69, 9.17) is 25.8 Å². The van der Waals surface area contributed by atoms with Gasteiger partial charge in [0.1, 0.15) is 12.2 Å². The van der Waals surface area contributed by atoms with Gasteiger partial charge >= 0.3 is 0 Å². The second-order valence-electron chi connectivity index (χ2n) is 5.05. The third-order valence-corrected chi connectivity index (χ3v) is 4.11. The highest BCUT2D eigenvalue weighted by Gasteiger charge is 2.39. The highest BCUT2D eigenvalue weighted by atomic mass is 35.5. The Morgan fingerprint density at radius 3 is 2.65 bits per heavy atom. The Labute approximate surface area is 120 Å². The highest BCUT2D eigenvalue weighted by Crippen LogP contribution is 2.56. The van der Waals surface area contributed by atoms with Gasteiger partial charge in [-0.1, -0.05) is 29.8 Å². The molecule has 5 rings (SSSR count). The minimum Gasteiger partial charge on any atom is -0.449 e. The van der Waals surface area contributed by atoms with Crippen molar-refractivity contribution in [1.29, 1.82) is 0 Å². The zero-order chi connectivity index (χ0) is 13.3. The maximum absolute atomic E-state index is 6.03. The molecule has 0 saturated heterocycles. The Morgan fingerprint density at radius 2 is 1.70 bits per heavy atom. The van der Waals surface area contributed by atoms with Crippen molar-refractivity contribution < 1.29 is 14.2 Å². The van der Waals surface area contributed by atoms with Crippen LogP contribution in [0.15, 0.2) is 42.5 Å². The van der Waals surface area contributed by atoms with Crippen molar-refractivity contribution in [3.05, 3.63) is 58.6 Å². The van der Waals surface area contributed by atoms with Gasteiger partial charge in [0.15, 0.2) is 23.0 Å². The van der Waals surface area contributed by atoms with E-state index < -0.39 is 0 Å². The summed E-state index contributed by atoms with van der Waals surface area (Å²) in [6.07, 6.45) is 4.15. The second-order valence-corrected chi connectivity index (χ2v) is 5.49. The normalized spacial score (nSPS) is 23.6. The number of rotatable bonds is 0. The molecule has 0 aliphatic carbocycles. The molecular weight excluding hydrogens is 276 g/mol. The van der Waals surface area contributed by atoms with Crippen LogP contribution in [0, 0.1) is 0 Å². The molecule has 3 heterocycles. The first-order chi connectivity index (χ1) is 9.79. The monoisotopic (exact) mass is 284 g/mol. The van der Waals surface area contributed by atoms with Gasteiger partial charge in [-0.3, -0.25) is 0 Å². The lowest BCUT2D eigenvalue weighted by atomic mass is 9.95. The van der Waals surface area contributed by atoms with E-state index >= 15 is 0 Å². The maximum atomic E-state index is 6.03. The van der Waals surface area contributed by atoms with E-state index in [0.29, 0.717) is 16.5 Å². The third kappa shape index (κ3) is 1.29. The second kappa shape index (κ2) is 3.57. The van der Waals surface area contributed by atoms with Gasteiger partial charge in [-0.05, 0) is 23.8 Å². The van der Waals surface area contributed by atoms with Gasteiger partial charge in [0.05, 0.1) is 0 Å². The number of hydrogen-bond acceptors (Lipinski definition) is 3. The lowest BCUT2D eigenvalue weighted by Crippen LogP contribution is -2.04. The summed E-state index contributed by atoms with van der Waals surface area (Å²) in [5, 5.41) is 0.626. The van der Waals surface area contributed by atoms with Crippen molar-refractivity contribution in [2.75, 3.05) is 0 Å². The first-order valence-electron chi connectivity index (χ1n) is 6.45. The molecule has 0 radical (unpaired) electrons. The SMILES string of the molecule is Clc1ccc2c(c1)Oc1c(ccc3c1C1C=CC3O1)O2. The van der Waals surface area contributed by atoms with E-state index in [1.54, 1.807) is 12.1 Å². The summed E-state index contributed by atoms with van der Waals surface area (Å²) >= 11 is 6.01. The highest BCUT2D eigenvalue weighted by molar-refractivity contribution is 6.30. The molecule has 3 nitrogen and oxygen atoms in total. The third-order valence-electron chi connectivity index (χ3n) is 3.88. The van der Waals surface area contributed by atoms with Crippen molar-refractivity contribution in [1.82, 2.24) is 0 Å². The molecule has 4 heteroatoms. The summed E-state index contributed by atoms with van der Waals surface area (Å²) in [5.74, 6) is 2.80. The van der Waals surface area contributed by atoms with Crippen LogP contribution < -0.4 is 9.47 Å². The van der Waals surface area contributed by atoms with E-state index in [-0.39, 0.29) is 12.2 Å². The predicted octanol–water partition coefficient (Wildman–Crippen LogP) is 4.92. The van der Waals surface area contributed by atoms with Crippen molar-refractivity contribution in [2.45, 2.75) is 12.2 Å². The predicted molar refractivity (Wildman–Crippen MR) is 73.7 cm³/mol. The van der Waals surface area contributed by atoms with Gasteiger partial charge in [-0.2, -0.15) is 0 Å². The molecule has 2 unspecified atom stereocenters. The molecule has 0 amide bonds. The van der Waals surface area contributed by atoms with Crippen LogP contribution in [0.25, 0.3) is 0 Å². The van der Waals surface area contributed by atoms with E-state index in [2.05, 4.69) is 12.2 Å². The van der Waals surface area contributed by atoms with Gasteiger partial charge in [0, 0.05) is 16.7 Å². The summed E-state index contributed by atoms with van der Waals surface area (Å²) < 4.78 is 17.8. The minimum absolute atomic E-state index is 0.0331. The lowest BCUT2D eigenvalue weighted by Gasteiger charge is -2.24. The summed E-state index contributed by atoms with van der Waals surface area (Å²) in [6.45, 7) is 0. The van der Waals surface area contributed by atoms with Crippen LogP contribution in [0.2, 0.25) is 5.02 Å². The average Bonchev–Trinajstić information content (AvgIpc) is 3.06. The molecule has 2 bridgehead atoms. The number of halogens is 1. The van der Waals surface area contributed by atoms with Crippen LogP contribution in [0.3, 0.4) is 0 Å². The van der Waals surface area contributed by atoms with E-state index in [1.807, 2.05) is 18.2 Å². The average molecular weight is 285 g/mol. The lowest BCUT2D eigenvalue weighted by molar-refractivity contribution is 0.0870. The Morgan fingerprint density at radius 1 is 0.850 bits per heavy atom. The smallest absolute Gasteiger partial charge is 0.176 e. The molecule has 2 aromatic carbocycles. The fourth-order valence-corrected chi connectivity index (χ4v) is 3.15. The Hall–Kier alpha value is -1.97. The topological polar surface area (TPSA) is 27.7 Å². The largest absolute Gasteiger partial charge is 0.449 e. The quantitative estimate of drug-likeness (QED) is 0.548. The van der Waals surface area contributed by atoms with E-state index in [1.165, 1.54) is 0 Å². The molecule has 0 fully saturated rings. The minimum atomic E-state index is -0.0331. The van der Waals surface area contributed by atoms with Gasteiger partial charge in [0.2, 0.25) is 0 Å². The van der Waals surface area contributed by atoms with Crippen molar-refractivity contribution in [3.63, 3.8) is 0 Å². The number of fused-ring (bicyclic) bond motifs is 8. The molecule has 0 spiro atoms. The Balaban J connectivity index is 1.70. The molecule has 0 saturated carbocycles. The van der Waals surface area contributed by atoms with E-state index in [0.717, 1.165) is 22.6 Å². The molecule has 0 N–H and O–H groups in total. The zero-order valence-corrected chi connectivity index (χ0v) is 11.1. The van der Waals surface area contributed by atoms with Crippen molar-refractivity contribution in [3.8, 4) is 23.0 Å². The fraction of sp³-hybridized carbons (Fsp3) is 0.125. The number of benzene rings is 2. The van der Waals surface area contributed by atoms with E-state index in [9.17, 15) is 0 Å². The van der Waals surface area contributed by atoms with Gasteiger partial charge in [-0.15, -0.1) is 0 Å². The Kier molecular flexibility index (Phi) is 1.92. The first kappa shape index (κ1) is 10.8. The van der Waals surface area contributed by atoms with Gasteiger partial charge < -0.3 is 14.2 Å². The van der Waals surface area contributed by atoms with Crippen molar-refractivity contribution >= 4 is 11.6 Å². The first-order valence-corrected chi connectivity index (χ1v) is 6.83. The van der Waals surface area contributed by atoms with Crippen LogP contribution in [-0.2, 0) is 4.74 Å². The van der Waals surface area contributed by atoms with Crippen LogP contribution in [0.5, 0.6) is 23.0 Å². The molecule has 20 heavy (non-hydrogen) atoms. The summed E-state index contributed by atoms with van der Waals surface area (Å²) in [6, 6.07) is 9.35. The number of ether oxygens (including phenoxy) is 3. The Bertz CT molecular complexity index is 782. The van der Waals surface area contributed by atoms with Crippen LogP contribution >= 0.6 is 11.6 Å². The summed E-state index contributed by atoms with van der Waals surface area (Å²) in [4.78, 5) is 0. The molecule has 2 aromatic rings. The van der Waals surface area contributed by atoms with Crippen LogP contribution in [0.4, 0.5) is 0 Å². The standard InChI is InChI=1S/C16H9ClO3/c17-8-1-3-11-14(7-8)20-16-13(19-11)4-2-9-10-5-6-12(18-10)15(9)16/h1-7,10,12H. The zero-order valence-electron chi connectivity index (χ0n) is 10.3. The number of hydrogen-bond donors (Lipinski definition) is 0. The fourth-order valence-electron chi connectivity index (χ4n) is 2.99. The summed E-state index contributed by atoms with van der Waals surface area (Å²) in [7, 11) is 0. The van der Waals surface area contributed by atoms with Crippen LogP contribution in [0.1, 0.15) is 23.3 Å². The summed E-state index contributed by atoms with van der Waals surface area (Å²) in [5.41, 5.74) is 2.23.